The van der Waals surface area contributed by atoms with Gasteiger partial charge < -0.3 is 10.6 Å². The lowest BCUT2D eigenvalue weighted by atomic mass is 9.92. The average molecular weight is 366 g/mol. The third kappa shape index (κ3) is 3.11. The summed E-state index contributed by atoms with van der Waals surface area (Å²) >= 11 is 0. The normalized spacial score (nSPS) is 19.5. The van der Waals surface area contributed by atoms with Crippen LogP contribution in [0, 0.1) is 0 Å². The van der Waals surface area contributed by atoms with E-state index in [1.54, 1.807) is 18.2 Å². The Hall–Kier alpha value is -2.69. The number of amides is 2. The Labute approximate surface area is 158 Å². The fourth-order valence-corrected chi connectivity index (χ4v) is 4.52. The molecule has 0 saturated heterocycles. The van der Waals surface area contributed by atoms with Crippen molar-refractivity contribution in [2.24, 2.45) is 5.73 Å². The highest BCUT2D eigenvalue weighted by atomic mass is 19.1. The van der Waals surface area contributed by atoms with Crippen LogP contribution in [0.3, 0.4) is 0 Å². The zero-order valence-electron chi connectivity index (χ0n) is 15.2. The van der Waals surface area contributed by atoms with Crippen LogP contribution in [0.2, 0.25) is 0 Å². The van der Waals surface area contributed by atoms with Crippen molar-refractivity contribution >= 4 is 11.8 Å². The standard InChI is InChI=1S/C22H23FN2O2/c23-12-14-9-10-18-19(11-14)20(21(24)26)25(22(18)27)13-16-7-3-4-8-17(16)15-5-1-2-6-15/h3-4,7-11,15,20H,1-2,5-6,12-13H2,(H2,24,26). The Kier molecular flexibility index (Phi) is 4.68. The SMILES string of the molecule is NC(=O)C1c2cc(CF)ccc2C(=O)N1Cc1ccccc1C1CCCC1. The molecule has 140 valence electrons. The van der Waals surface area contributed by atoms with E-state index in [1.807, 2.05) is 18.2 Å². The molecular formula is C22H23FN2O2. The molecule has 0 bridgehead atoms. The highest BCUT2D eigenvalue weighted by Crippen LogP contribution is 2.39. The highest BCUT2D eigenvalue weighted by molar-refractivity contribution is 6.04. The molecular weight excluding hydrogens is 343 g/mol. The lowest BCUT2D eigenvalue weighted by Crippen LogP contribution is -2.36. The second-order valence-corrected chi connectivity index (χ2v) is 7.47. The van der Waals surface area contributed by atoms with Crippen molar-refractivity contribution < 1.29 is 14.0 Å². The third-order valence-corrected chi connectivity index (χ3v) is 5.83. The van der Waals surface area contributed by atoms with Crippen molar-refractivity contribution in [1.82, 2.24) is 4.90 Å². The molecule has 1 heterocycles. The molecule has 0 radical (unpaired) electrons. The number of halogens is 1. The molecule has 2 aliphatic rings. The van der Waals surface area contributed by atoms with Gasteiger partial charge in [0.1, 0.15) is 12.7 Å². The number of nitrogens with two attached hydrogens (primary N) is 1. The predicted molar refractivity (Wildman–Crippen MR) is 101 cm³/mol. The van der Waals surface area contributed by atoms with Crippen LogP contribution in [0.1, 0.15) is 70.3 Å². The number of hydrogen-bond donors (Lipinski definition) is 1. The lowest BCUT2D eigenvalue weighted by molar-refractivity contribution is -0.122. The van der Waals surface area contributed by atoms with E-state index in [0.717, 1.165) is 18.4 Å². The van der Waals surface area contributed by atoms with Crippen molar-refractivity contribution in [3.63, 3.8) is 0 Å². The van der Waals surface area contributed by atoms with E-state index in [9.17, 15) is 14.0 Å². The molecule has 27 heavy (non-hydrogen) atoms. The Morgan fingerprint density at radius 2 is 1.85 bits per heavy atom. The Morgan fingerprint density at radius 3 is 2.56 bits per heavy atom. The summed E-state index contributed by atoms with van der Waals surface area (Å²) in [7, 11) is 0. The molecule has 1 aliphatic carbocycles. The quantitative estimate of drug-likeness (QED) is 0.869. The van der Waals surface area contributed by atoms with Crippen LogP contribution < -0.4 is 5.73 Å². The molecule has 2 aromatic carbocycles. The molecule has 1 unspecified atom stereocenters. The van der Waals surface area contributed by atoms with Gasteiger partial charge in [0.15, 0.2) is 0 Å². The van der Waals surface area contributed by atoms with E-state index >= 15 is 0 Å². The van der Waals surface area contributed by atoms with Crippen LogP contribution in [0.4, 0.5) is 4.39 Å². The van der Waals surface area contributed by atoms with E-state index in [1.165, 1.54) is 23.3 Å². The molecule has 1 saturated carbocycles. The van der Waals surface area contributed by atoms with E-state index < -0.39 is 18.6 Å². The number of primary amides is 1. The number of alkyl halides is 1. The van der Waals surface area contributed by atoms with E-state index in [-0.39, 0.29) is 5.91 Å². The predicted octanol–water partition coefficient (Wildman–Crippen LogP) is 4.00. The van der Waals surface area contributed by atoms with Crippen molar-refractivity contribution in [3.8, 4) is 0 Å². The van der Waals surface area contributed by atoms with Gasteiger partial charge in [-0.1, -0.05) is 43.2 Å². The number of carbonyl (C=O) groups excluding carboxylic acids is 2. The average Bonchev–Trinajstić information content (AvgIpc) is 3.29. The van der Waals surface area contributed by atoms with Crippen LogP contribution in [-0.2, 0) is 18.0 Å². The van der Waals surface area contributed by atoms with Gasteiger partial charge in [-0.3, -0.25) is 9.59 Å². The molecule has 4 rings (SSSR count). The first-order valence-corrected chi connectivity index (χ1v) is 9.47. The smallest absolute Gasteiger partial charge is 0.255 e. The molecule has 1 aliphatic heterocycles. The number of hydrogen-bond acceptors (Lipinski definition) is 2. The van der Waals surface area contributed by atoms with E-state index in [4.69, 9.17) is 5.73 Å². The minimum absolute atomic E-state index is 0.222. The first kappa shape index (κ1) is 17.7. The van der Waals surface area contributed by atoms with Crippen molar-refractivity contribution in [1.29, 1.82) is 0 Å². The number of benzene rings is 2. The van der Waals surface area contributed by atoms with Crippen LogP contribution in [0.15, 0.2) is 42.5 Å². The largest absolute Gasteiger partial charge is 0.368 e. The molecule has 2 N–H and O–H groups in total. The van der Waals surface area contributed by atoms with E-state index in [0.29, 0.717) is 29.2 Å². The number of fused-ring (bicyclic) bond motifs is 1. The van der Waals surface area contributed by atoms with Crippen LogP contribution in [0.5, 0.6) is 0 Å². The monoisotopic (exact) mass is 366 g/mol. The molecule has 2 amide bonds. The third-order valence-electron chi connectivity index (χ3n) is 5.83. The van der Waals surface area contributed by atoms with Gasteiger partial charge in [0.25, 0.3) is 5.91 Å². The lowest BCUT2D eigenvalue weighted by Gasteiger charge is -2.25. The number of carbonyl (C=O) groups is 2. The van der Waals surface area contributed by atoms with Gasteiger partial charge in [0.2, 0.25) is 5.91 Å². The van der Waals surface area contributed by atoms with Crippen LogP contribution >= 0.6 is 0 Å². The second kappa shape index (κ2) is 7.14. The first-order chi connectivity index (χ1) is 13.1. The highest BCUT2D eigenvalue weighted by Gasteiger charge is 2.40. The summed E-state index contributed by atoms with van der Waals surface area (Å²) in [6.45, 7) is -0.309. The van der Waals surface area contributed by atoms with Gasteiger partial charge in [0.05, 0.1) is 0 Å². The van der Waals surface area contributed by atoms with Gasteiger partial charge in [0, 0.05) is 12.1 Å². The molecule has 0 spiro atoms. The maximum Gasteiger partial charge on any atom is 0.255 e. The molecule has 4 nitrogen and oxygen atoms in total. The van der Waals surface area contributed by atoms with Crippen molar-refractivity contribution in [3.05, 3.63) is 70.3 Å². The maximum atomic E-state index is 13.1. The minimum Gasteiger partial charge on any atom is -0.368 e. The number of nitrogens with zero attached hydrogens (tertiary/aromatic N) is 1. The van der Waals surface area contributed by atoms with E-state index in [2.05, 4.69) is 6.07 Å². The van der Waals surface area contributed by atoms with Crippen molar-refractivity contribution in [2.75, 3.05) is 0 Å². The molecule has 1 atom stereocenters. The summed E-state index contributed by atoms with van der Waals surface area (Å²) < 4.78 is 13.1. The summed E-state index contributed by atoms with van der Waals surface area (Å²) in [5.41, 5.74) is 9.36. The molecule has 1 fully saturated rings. The zero-order valence-corrected chi connectivity index (χ0v) is 15.2. The Balaban J connectivity index is 1.70. The zero-order chi connectivity index (χ0) is 19.0. The van der Waals surface area contributed by atoms with Gasteiger partial charge in [-0.2, -0.15) is 0 Å². The van der Waals surface area contributed by atoms with Crippen LogP contribution in [0.25, 0.3) is 0 Å². The molecule has 2 aromatic rings. The fraction of sp³-hybridized carbons (Fsp3) is 0.364. The Bertz CT molecular complexity index is 890. The van der Waals surface area contributed by atoms with Gasteiger partial charge >= 0.3 is 0 Å². The summed E-state index contributed by atoms with van der Waals surface area (Å²) in [6.07, 6.45) is 4.76. The molecule has 5 heteroatoms. The topological polar surface area (TPSA) is 63.4 Å². The number of rotatable bonds is 5. The van der Waals surface area contributed by atoms with Gasteiger partial charge in [-0.25, -0.2) is 4.39 Å². The second-order valence-electron chi connectivity index (χ2n) is 7.47. The summed E-state index contributed by atoms with van der Waals surface area (Å²) in [4.78, 5) is 26.7. The van der Waals surface area contributed by atoms with Crippen molar-refractivity contribution in [2.45, 2.75) is 50.9 Å². The Morgan fingerprint density at radius 1 is 1.11 bits per heavy atom. The minimum atomic E-state index is -0.851. The summed E-state index contributed by atoms with van der Waals surface area (Å²) in [5, 5.41) is 0. The maximum absolute atomic E-state index is 13.1. The van der Waals surface area contributed by atoms with Crippen LogP contribution in [-0.4, -0.2) is 16.7 Å². The summed E-state index contributed by atoms with van der Waals surface area (Å²) in [6, 6.07) is 12.1. The molecule has 0 aromatic heterocycles. The fourth-order valence-electron chi connectivity index (χ4n) is 4.52. The van der Waals surface area contributed by atoms with Gasteiger partial charge in [-0.05, 0) is 53.1 Å². The van der Waals surface area contributed by atoms with Gasteiger partial charge in [-0.15, -0.1) is 0 Å². The first-order valence-electron chi connectivity index (χ1n) is 9.47. The summed E-state index contributed by atoms with van der Waals surface area (Å²) in [5.74, 6) is -0.302.